The van der Waals surface area contributed by atoms with Crippen LogP contribution >= 0.6 is 11.3 Å². The molecule has 0 amide bonds. The number of nitrogens with zero attached hydrogens (tertiary/aromatic N) is 1. The lowest BCUT2D eigenvalue weighted by Gasteiger charge is -2.05. The fourth-order valence-electron chi connectivity index (χ4n) is 1.77. The molecule has 0 saturated heterocycles. The van der Waals surface area contributed by atoms with Crippen LogP contribution in [0, 0.1) is 0 Å². The van der Waals surface area contributed by atoms with Crippen LogP contribution in [0.5, 0.6) is 0 Å². The summed E-state index contributed by atoms with van der Waals surface area (Å²) < 4.78 is 28.9. The lowest BCUT2D eigenvalue weighted by atomic mass is 10.3. The van der Waals surface area contributed by atoms with Gasteiger partial charge in [0, 0.05) is 13.1 Å². The van der Waals surface area contributed by atoms with Gasteiger partial charge in [0.15, 0.2) is 0 Å². The minimum Gasteiger partial charge on any atom is -0.302 e. The predicted octanol–water partition coefficient (Wildman–Crippen LogP) is 1.04. The van der Waals surface area contributed by atoms with Crippen LogP contribution in [0.1, 0.15) is 12.8 Å². The first-order valence-corrected chi connectivity index (χ1v) is 7.89. The molecule has 0 radical (unpaired) electrons. The number of nitrogens with one attached hydrogen (secondary N) is 1. The maximum Gasteiger partial charge on any atom is 0.307 e. The van der Waals surface area contributed by atoms with Crippen molar-refractivity contribution in [1.29, 1.82) is 0 Å². The Balaban J connectivity index is 2.10. The first kappa shape index (κ1) is 11.9. The summed E-state index contributed by atoms with van der Waals surface area (Å²) in [6.45, 7) is 0. The van der Waals surface area contributed by atoms with Gasteiger partial charge in [0.2, 0.25) is 10.0 Å². The molecule has 18 heavy (non-hydrogen) atoms. The predicted molar refractivity (Wildman–Crippen MR) is 70.4 cm³/mol. The third-order valence-electron chi connectivity index (χ3n) is 2.97. The molecule has 3 rings (SSSR count). The molecule has 7 heteroatoms. The Labute approximate surface area is 108 Å². The van der Waals surface area contributed by atoms with Gasteiger partial charge in [-0.25, -0.2) is 13.1 Å². The monoisotopic (exact) mass is 284 g/mol. The van der Waals surface area contributed by atoms with Gasteiger partial charge in [-0.3, -0.25) is 4.79 Å². The third-order valence-corrected chi connectivity index (χ3v) is 5.49. The molecule has 1 heterocycles. The second kappa shape index (κ2) is 3.91. The molecule has 0 bridgehead atoms. The van der Waals surface area contributed by atoms with Crippen LogP contribution in [0.15, 0.2) is 27.9 Å². The summed E-state index contributed by atoms with van der Waals surface area (Å²) in [5.74, 6) is 0. The Morgan fingerprint density at radius 2 is 2.11 bits per heavy atom. The maximum absolute atomic E-state index is 12.0. The molecule has 2 aromatic rings. The Morgan fingerprint density at radius 1 is 1.39 bits per heavy atom. The molecule has 1 aliphatic rings. The van der Waals surface area contributed by atoms with Gasteiger partial charge in [0.05, 0.1) is 15.1 Å². The fourth-order valence-corrected chi connectivity index (χ4v) is 4.09. The highest BCUT2D eigenvalue weighted by Gasteiger charge is 2.28. The highest BCUT2D eigenvalue weighted by molar-refractivity contribution is 7.89. The number of rotatable bonds is 3. The molecule has 0 spiro atoms. The standard InChI is InChI=1S/C11H12N2O3S2/c1-13-9-5-4-8(6-10(9)17-11(13)14)18(15,16)12-7-2-3-7/h4-7,12H,2-3H2,1H3. The molecule has 5 nitrogen and oxygen atoms in total. The van der Waals surface area contributed by atoms with Crippen molar-refractivity contribution < 1.29 is 8.42 Å². The molecule has 1 N–H and O–H groups in total. The summed E-state index contributed by atoms with van der Waals surface area (Å²) in [5, 5.41) is 0. The van der Waals surface area contributed by atoms with E-state index in [1.807, 2.05) is 0 Å². The van der Waals surface area contributed by atoms with Gasteiger partial charge in [-0.2, -0.15) is 0 Å². The van der Waals surface area contributed by atoms with Crippen molar-refractivity contribution in [2.45, 2.75) is 23.8 Å². The van der Waals surface area contributed by atoms with E-state index in [-0.39, 0.29) is 15.8 Å². The second-order valence-corrected chi connectivity index (χ2v) is 7.16. The Bertz CT molecular complexity index is 769. The third kappa shape index (κ3) is 1.98. The summed E-state index contributed by atoms with van der Waals surface area (Å²) in [6, 6.07) is 4.86. The van der Waals surface area contributed by atoms with Crippen molar-refractivity contribution in [2.75, 3.05) is 0 Å². The summed E-state index contributed by atoms with van der Waals surface area (Å²) >= 11 is 1.06. The van der Waals surface area contributed by atoms with Crippen LogP contribution in [-0.4, -0.2) is 19.0 Å². The van der Waals surface area contributed by atoms with Crippen molar-refractivity contribution in [3.63, 3.8) is 0 Å². The van der Waals surface area contributed by atoms with E-state index in [1.165, 1.54) is 4.57 Å². The number of hydrogen-bond acceptors (Lipinski definition) is 4. The fraction of sp³-hybridized carbons (Fsp3) is 0.364. The van der Waals surface area contributed by atoms with E-state index in [1.54, 1.807) is 25.2 Å². The largest absolute Gasteiger partial charge is 0.307 e. The zero-order valence-corrected chi connectivity index (χ0v) is 11.3. The minimum atomic E-state index is -3.45. The van der Waals surface area contributed by atoms with Gasteiger partial charge < -0.3 is 4.57 Å². The van der Waals surface area contributed by atoms with E-state index in [0.717, 1.165) is 29.7 Å². The van der Waals surface area contributed by atoms with E-state index in [9.17, 15) is 13.2 Å². The summed E-state index contributed by atoms with van der Waals surface area (Å²) in [6.07, 6.45) is 1.81. The van der Waals surface area contributed by atoms with Crippen molar-refractivity contribution in [2.24, 2.45) is 7.05 Å². The van der Waals surface area contributed by atoms with Gasteiger partial charge in [0.1, 0.15) is 0 Å². The van der Waals surface area contributed by atoms with E-state index in [2.05, 4.69) is 4.72 Å². The number of sulfonamides is 1. The molecule has 1 aromatic carbocycles. The first-order valence-electron chi connectivity index (χ1n) is 5.59. The Morgan fingerprint density at radius 3 is 2.78 bits per heavy atom. The van der Waals surface area contributed by atoms with Crippen molar-refractivity contribution in [1.82, 2.24) is 9.29 Å². The quantitative estimate of drug-likeness (QED) is 0.915. The minimum absolute atomic E-state index is 0.0835. The first-order chi connectivity index (χ1) is 8.47. The van der Waals surface area contributed by atoms with Gasteiger partial charge in [-0.15, -0.1) is 0 Å². The molecule has 1 saturated carbocycles. The van der Waals surface area contributed by atoms with E-state index < -0.39 is 10.0 Å². The van der Waals surface area contributed by atoms with Crippen molar-refractivity contribution >= 4 is 31.6 Å². The number of benzene rings is 1. The molecular weight excluding hydrogens is 272 g/mol. The van der Waals surface area contributed by atoms with Crippen molar-refractivity contribution in [3.05, 3.63) is 27.9 Å². The second-order valence-electron chi connectivity index (χ2n) is 4.45. The zero-order chi connectivity index (χ0) is 12.9. The highest BCUT2D eigenvalue weighted by Crippen LogP contribution is 2.24. The molecule has 1 aliphatic carbocycles. The number of hydrogen-bond donors (Lipinski definition) is 1. The average molecular weight is 284 g/mol. The van der Waals surface area contributed by atoms with Gasteiger partial charge in [-0.05, 0) is 31.0 Å². The molecular formula is C11H12N2O3S2. The number of thiazole rings is 1. The van der Waals surface area contributed by atoms with Crippen LogP contribution in [-0.2, 0) is 17.1 Å². The Hall–Kier alpha value is -1.18. The SMILES string of the molecule is Cn1c(=O)sc2cc(S(=O)(=O)NC3CC3)ccc21. The molecule has 96 valence electrons. The average Bonchev–Trinajstić information content (AvgIpc) is 3.06. The van der Waals surface area contributed by atoms with Gasteiger partial charge in [0.25, 0.3) is 0 Å². The van der Waals surface area contributed by atoms with Crippen LogP contribution in [0.4, 0.5) is 0 Å². The number of aryl methyl sites for hydroxylation is 1. The normalized spacial score (nSPS) is 16.3. The van der Waals surface area contributed by atoms with E-state index in [0.29, 0.717) is 4.70 Å². The van der Waals surface area contributed by atoms with Crippen LogP contribution in [0.2, 0.25) is 0 Å². The molecule has 0 unspecified atom stereocenters. The molecule has 1 fully saturated rings. The molecule has 0 aliphatic heterocycles. The summed E-state index contributed by atoms with van der Waals surface area (Å²) in [4.78, 5) is 11.6. The lowest BCUT2D eigenvalue weighted by Crippen LogP contribution is -2.25. The zero-order valence-electron chi connectivity index (χ0n) is 9.71. The smallest absolute Gasteiger partial charge is 0.302 e. The van der Waals surface area contributed by atoms with E-state index >= 15 is 0 Å². The van der Waals surface area contributed by atoms with Crippen LogP contribution in [0.25, 0.3) is 10.2 Å². The van der Waals surface area contributed by atoms with Gasteiger partial charge in [-0.1, -0.05) is 11.3 Å². The summed E-state index contributed by atoms with van der Waals surface area (Å²) in [7, 11) is -1.77. The van der Waals surface area contributed by atoms with Gasteiger partial charge >= 0.3 is 4.87 Å². The topological polar surface area (TPSA) is 68.2 Å². The molecule has 0 atom stereocenters. The van der Waals surface area contributed by atoms with Crippen molar-refractivity contribution in [3.8, 4) is 0 Å². The maximum atomic E-state index is 12.0. The van der Waals surface area contributed by atoms with E-state index in [4.69, 9.17) is 0 Å². The number of fused-ring (bicyclic) bond motifs is 1. The molecule has 1 aromatic heterocycles. The van der Waals surface area contributed by atoms with Crippen LogP contribution in [0.3, 0.4) is 0 Å². The summed E-state index contributed by atoms with van der Waals surface area (Å²) in [5.41, 5.74) is 0.760. The van der Waals surface area contributed by atoms with Crippen LogP contribution < -0.4 is 9.60 Å². The lowest BCUT2D eigenvalue weighted by molar-refractivity contribution is 0.581. The highest BCUT2D eigenvalue weighted by atomic mass is 32.2. The Kier molecular flexibility index (Phi) is 2.58. The number of aromatic nitrogens is 1.